The average molecular weight is 253 g/mol. The lowest BCUT2D eigenvalue weighted by Crippen LogP contribution is -2.29. The molecule has 1 fully saturated rings. The van der Waals surface area contributed by atoms with Crippen molar-refractivity contribution in [3.8, 4) is 0 Å². The molecule has 5 heteroatoms. The van der Waals surface area contributed by atoms with Gasteiger partial charge >= 0.3 is 5.97 Å². The van der Waals surface area contributed by atoms with Crippen LogP contribution in [0.1, 0.15) is 25.7 Å². The Labute approximate surface area is 107 Å². The zero-order valence-corrected chi connectivity index (χ0v) is 10.8. The molecule has 1 aliphatic carbocycles. The molecule has 0 N–H and O–H groups in total. The van der Waals surface area contributed by atoms with E-state index in [1.165, 1.54) is 12.2 Å². The number of ether oxygens (including phenoxy) is 1. The smallest absolute Gasteiger partial charge is 0.306 e. The first kappa shape index (κ1) is 13.1. The molecular weight excluding hydrogens is 234 g/mol. The Balaban J connectivity index is 1.93. The summed E-state index contributed by atoms with van der Waals surface area (Å²) in [5, 5.41) is 1.24. The van der Waals surface area contributed by atoms with Crippen LogP contribution in [0.3, 0.4) is 0 Å². The van der Waals surface area contributed by atoms with Crippen molar-refractivity contribution in [3.05, 3.63) is 12.2 Å². The zero-order chi connectivity index (χ0) is 13.1. The van der Waals surface area contributed by atoms with Gasteiger partial charge in [0.15, 0.2) is 0 Å². The lowest BCUT2D eigenvalue weighted by molar-refractivity contribution is -0.171. The molecule has 2 rings (SSSR count). The van der Waals surface area contributed by atoms with Gasteiger partial charge in [0.2, 0.25) is 5.91 Å². The lowest BCUT2D eigenvalue weighted by atomic mass is 10.1. The molecule has 1 heterocycles. The predicted octanol–water partition coefficient (Wildman–Crippen LogP) is 1.29. The molecular formula is C13H19NO4. The summed E-state index contributed by atoms with van der Waals surface area (Å²) in [4.78, 5) is 28.2. The highest BCUT2D eigenvalue weighted by molar-refractivity contribution is 5.80. The Morgan fingerprint density at radius 3 is 3.00 bits per heavy atom. The highest BCUT2D eigenvalue weighted by Gasteiger charge is 2.50. The van der Waals surface area contributed by atoms with Gasteiger partial charge in [-0.05, 0) is 12.8 Å². The molecule has 0 spiro atoms. The van der Waals surface area contributed by atoms with Crippen LogP contribution in [0.4, 0.5) is 0 Å². The second kappa shape index (κ2) is 5.52. The summed E-state index contributed by atoms with van der Waals surface area (Å²) in [5.74, 6) is -0.130. The minimum absolute atomic E-state index is 0.0374. The first-order valence-electron chi connectivity index (χ1n) is 6.29. The van der Waals surface area contributed by atoms with Crippen molar-refractivity contribution in [1.82, 2.24) is 5.06 Å². The van der Waals surface area contributed by atoms with Crippen LogP contribution >= 0.6 is 0 Å². The van der Waals surface area contributed by atoms with E-state index in [1.807, 2.05) is 12.2 Å². The van der Waals surface area contributed by atoms with Crippen LogP contribution in [0, 0.1) is 11.8 Å². The molecule has 0 aromatic heterocycles. The largest absolute Gasteiger partial charge is 0.462 e. The number of hydrogen-bond donors (Lipinski definition) is 0. The second-order valence-electron chi connectivity index (χ2n) is 4.80. The summed E-state index contributed by atoms with van der Waals surface area (Å²) in [5.41, 5.74) is 0. The van der Waals surface area contributed by atoms with Crippen molar-refractivity contribution >= 4 is 11.9 Å². The average Bonchev–Trinajstić information content (AvgIpc) is 3.11. The van der Waals surface area contributed by atoms with E-state index < -0.39 is 0 Å². The van der Waals surface area contributed by atoms with E-state index in [0.717, 1.165) is 12.8 Å². The highest BCUT2D eigenvalue weighted by atomic mass is 16.7. The highest BCUT2D eigenvalue weighted by Crippen LogP contribution is 2.45. The van der Waals surface area contributed by atoms with E-state index in [1.54, 1.807) is 7.05 Å². The quantitative estimate of drug-likeness (QED) is 0.432. The summed E-state index contributed by atoms with van der Waals surface area (Å²) in [6, 6.07) is 0. The van der Waals surface area contributed by atoms with Crippen LogP contribution < -0.4 is 0 Å². The van der Waals surface area contributed by atoms with Gasteiger partial charge in [-0.15, -0.1) is 0 Å². The van der Waals surface area contributed by atoms with Crippen molar-refractivity contribution in [2.45, 2.75) is 31.8 Å². The lowest BCUT2D eigenvalue weighted by Gasteiger charge is -2.19. The maximum atomic E-state index is 11.9. The molecule has 5 nitrogen and oxygen atoms in total. The number of carbonyl (C=O) groups excluding carboxylic acids is 2. The van der Waals surface area contributed by atoms with Gasteiger partial charge < -0.3 is 4.74 Å². The number of cyclic esters (lactones) is 1. The van der Waals surface area contributed by atoms with Gasteiger partial charge in [0.05, 0.1) is 7.11 Å². The topological polar surface area (TPSA) is 55.8 Å². The van der Waals surface area contributed by atoms with Crippen molar-refractivity contribution in [1.29, 1.82) is 0 Å². The van der Waals surface area contributed by atoms with Crippen molar-refractivity contribution in [2.24, 2.45) is 11.8 Å². The third kappa shape index (κ3) is 2.90. The molecule has 1 saturated carbocycles. The number of carbonyl (C=O) groups is 2. The van der Waals surface area contributed by atoms with Gasteiger partial charge in [0.1, 0.15) is 6.10 Å². The van der Waals surface area contributed by atoms with Gasteiger partial charge in [-0.1, -0.05) is 12.2 Å². The maximum Gasteiger partial charge on any atom is 0.306 e. The number of allylic oxidation sites excluding steroid dienone is 1. The fraction of sp³-hybridized carbons (Fsp3) is 0.692. The normalized spacial score (nSPS) is 33.0. The van der Waals surface area contributed by atoms with Crippen molar-refractivity contribution in [2.75, 3.05) is 14.2 Å². The number of rotatable bonds is 3. The van der Waals surface area contributed by atoms with Gasteiger partial charge in [-0.2, -0.15) is 0 Å². The van der Waals surface area contributed by atoms with Crippen LogP contribution in [0.5, 0.6) is 0 Å². The molecule has 0 aromatic rings. The molecule has 2 aliphatic rings. The minimum atomic E-state index is -0.164. The van der Waals surface area contributed by atoms with Crippen molar-refractivity contribution < 1.29 is 19.2 Å². The van der Waals surface area contributed by atoms with Gasteiger partial charge in [0, 0.05) is 31.7 Å². The van der Waals surface area contributed by atoms with Gasteiger partial charge in [0.25, 0.3) is 0 Å². The Morgan fingerprint density at radius 1 is 1.50 bits per heavy atom. The number of hydroxylamine groups is 2. The van der Waals surface area contributed by atoms with Crippen LogP contribution in [0.15, 0.2) is 12.2 Å². The Bertz CT molecular complexity index is 366. The minimum Gasteiger partial charge on any atom is -0.462 e. The molecule has 0 unspecified atom stereocenters. The fourth-order valence-electron chi connectivity index (χ4n) is 2.32. The monoisotopic (exact) mass is 253 g/mol. The molecule has 0 bridgehead atoms. The summed E-state index contributed by atoms with van der Waals surface area (Å²) in [6.45, 7) is 0. The first-order chi connectivity index (χ1) is 8.63. The molecule has 100 valence electrons. The Hall–Kier alpha value is -1.36. The van der Waals surface area contributed by atoms with E-state index in [-0.39, 0.29) is 29.8 Å². The van der Waals surface area contributed by atoms with E-state index in [0.29, 0.717) is 12.8 Å². The third-order valence-corrected chi connectivity index (χ3v) is 3.55. The predicted molar refractivity (Wildman–Crippen MR) is 64.2 cm³/mol. The van der Waals surface area contributed by atoms with E-state index in [4.69, 9.17) is 9.57 Å². The Morgan fingerprint density at radius 2 is 2.28 bits per heavy atom. The van der Waals surface area contributed by atoms with E-state index >= 15 is 0 Å². The zero-order valence-electron chi connectivity index (χ0n) is 10.8. The number of amides is 1. The molecule has 18 heavy (non-hydrogen) atoms. The maximum absolute atomic E-state index is 11.9. The van der Waals surface area contributed by atoms with Gasteiger partial charge in [-0.25, -0.2) is 5.06 Å². The summed E-state index contributed by atoms with van der Waals surface area (Å²) in [6.07, 6.45) is 6.54. The molecule has 1 aliphatic heterocycles. The molecule has 0 radical (unpaired) electrons. The summed E-state index contributed by atoms with van der Waals surface area (Å²) < 4.78 is 5.41. The SMILES string of the molecule is CON(C)C(=O)[C@@H]1C[C@H]1[C@H]1C/C=C\CCC(=O)O1. The Kier molecular flexibility index (Phi) is 4.01. The summed E-state index contributed by atoms with van der Waals surface area (Å²) >= 11 is 0. The number of esters is 1. The molecule has 0 saturated heterocycles. The number of hydrogen-bond acceptors (Lipinski definition) is 4. The fourth-order valence-corrected chi connectivity index (χ4v) is 2.32. The van der Waals surface area contributed by atoms with Crippen LogP contribution in [-0.4, -0.2) is 37.2 Å². The van der Waals surface area contributed by atoms with E-state index in [2.05, 4.69) is 0 Å². The van der Waals surface area contributed by atoms with Crippen LogP contribution in [-0.2, 0) is 19.2 Å². The van der Waals surface area contributed by atoms with Crippen molar-refractivity contribution in [3.63, 3.8) is 0 Å². The van der Waals surface area contributed by atoms with Crippen LogP contribution in [0.25, 0.3) is 0 Å². The molecule has 0 aromatic carbocycles. The number of nitrogens with zero attached hydrogens (tertiary/aromatic N) is 1. The third-order valence-electron chi connectivity index (χ3n) is 3.55. The van der Waals surface area contributed by atoms with Crippen LogP contribution in [0.2, 0.25) is 0 Å². The summed E-state index contributed by atoms with van der Waals surface area (Å²) in [7, 11) is 3.07. The molecule has 3 atom stereocenters. The van der Waals surface area contributed by atoms with E-state index in [9.17, 15) is 9.59 Å². The standard InChI is InChI=1S/C13H19NO4/c1-14(17-2)13(16)10-8-9(10)11-6-4-3-5-7-12(15)18-11/h3-4,9-11H,5-8H2,1-2H3/b4-3-/t9-,10-,11-/m1/s1. The second-order valence-corrected chi connectivity index (χ2v) is 4.80. The molecule has 1 amide bonds. The first-order valence-corrected chi connectivity index (χ1v) is 6.29. The van der Waals surface area contributed by atoms with Gasteiger partial charge in [-0.3, -0.25) is 14.4 Å².